The lowest BCUT2D eigenvalue weighted by Crippen LogP contribution is -2.00. The molecule has 0 aliphatic rings. The van der Waals surface area contributed by atoms with Gasteiger partial charge in [0.2, 0.25) is 0 Å². The molecule has 1 aromatic heterocycles. The minimum atomic E-state index is -0.315. The van der Waals surface area contributed by atoms with Gasteiger partial charge < -0.3 is 4.74 Å². The molecular formula is C11H8O2S3. The van der Waals surface area contributed by atoms with Gasteiger partial charge in [-0.05, 0) is 23.8 Å². The molecule has 0 aliphatic carbocycles. The maximum atomic E-state index is 11.2. The van der Waals surface area contributed by atoms with E-state index in [4.69, 9.17) is 12.2 Å². The number of carbonyl (C=O) groups is 1. The summed E-state index contributed by atoms with van der Waals surface area (Å²) in [6.07, 6.45) is 0. The molecule has 5 heteroatoms. The zero-order chi connectivity index (χ0) is 11.5. The van der Waals surface area contributed by atoms with Crippen LogP contribution in [0.3, 0.4) is 0 Å². The predicted molar refractivity (Wildman–Crippen MR) is 69.8 cm³/mol. The molecule has 0 aliphatic heterocycles. The number of ether oxygens (including phenoxy) is 1. The summed E-state index contributed by atoms with van der Waals surface area (Å²) >= 11 is 5.07. The van der Waals surface area contributed by atoms with Gasteiger partial charge in [0, 0.05) is 4.88 Å². The fraction of sp³-hybridized carbons (Fsp3) is 0.0909. The Kier molecular flexibility index (Phi) is 3.48. The number of methoxy groups -OCH3 is 1. The molecule has 0 radical (unpaired) electrons. The standard InChI is InChI=1S/C11H8O2S3/c1-13-11(12)8-4-2-7(3-5-8)9-6-10(14)16-15-9/h2-6H,1H3. The third-order valence-corrected chi connectivity index (χ3v) is 4.96. The van der Waals surface area contributed by atoms with Crippen LogP contribution in [0.15, 0.2) is 30.3 Å². The van der Waals surface area contributed by atoms with E-state index in [1.807, 2.05) is 18.2 Å². The van der Waals surface area contributed by atoms with E-state index in [2.05, 4.69) is 4.74 Å². The SMILES string of the molecule is COC(=O)c1ccc(-c2cc(=S)ss2)cc1. The number of carbonyl (C=O) groups excluding carboxylic acids is 1. The summed E-state index contributed by atoms with van der Waals surface area (Å²) in [4.78, 5) is 12.4. The van der Waals surface area contributed by atoms with Crippen molar-refractivity contribution in [2.75, 3.05) is 7.11 Å². The normalized spacial score (nSPS) is 10.1. The van der Waals surface area contributed by atoms with Crippen molar-refractivity contribution in [2.24, 2.45) is 0 Å². The monoisotopic (exact) mass is 268 g/mol. The highest BCUT2D eigenvalue weighted by molar-refractivity contribution is 7.80. The molecule has 0 N–H and O–H groups in total. The Labute approximate surface area is 106 Å². The molecule has 0 spiro atoms. The Hall–Kier alpha value is -1.04. The zero-order valence-corrected chi connectivity index (χ0v) is 10.9. The van der Waals surface area contributed by atoms with Gasteiger partial charge in [0.05, 0.1) is 12.7 Å². The van der Waals surface area contributed by atoms with Gasteiger partial charge in [-0.3, -0.25) is 0 Å². The van der Waals surface area contributed by atoms with E-state index in [0.29, 0.717) is 5.56 Å². The second-order valence-corrected chi connectivity index (χ2v) is 5.97. The molecule has 0 fully saturated rings. The Morgan fingerprint density at radius 2 is 1.94 bits per heavy atom. The number of rotatable bonds is 2. The molecule has 2 nitrogen and oxygen atoms in total. The Bertz CT molecular complexity index is 551. The highest BCUT2D eigenvalue weighted by atomic mass is 32.9. The first-order valence-electron chi connectivity index (χ1n) is 4.49. The van der Waals surface area contributed by atoms with Crippen LogP contribution >= 0.6 is 32.9 Å². The number of benzene rings is 1. The summed E-state index contributed by atoms with van der Waals surface area (Å²) in [5.74, 6) is -0.315. The molecule has 0 saturated heterocycles. The number of hydrogen-bond acceptors (Lipinski definition) is 5. The first kappa shape index (κ1) is 11.4. The lowest BCUT2D eigenvalue weighted by atomic mass is 10.1. The van der Waals surface area contributed by atoms with Gasteiger partial charge in [0.1, 0.15) is 3.82 Å². The van der Waals surface area contributed by atoms with Gasteiger partial charge in [-0.25, -0.2) is 4.79 Å². The third kappa shape index (κ3) is 2.37. The fourth-order valence-electron chi connectivity index (χ4n) is 1.26. The summed E-state index contributed by atoms with van der Waals surface area (Å²) in [6.45, 7) is 0. The summed E-state index contributed by atoms with van der Waals surface area (Å²) in [5, 5.41) is 0. The van der Waals surface area contributed by atoms with Crippen LogP contribution in [0.5, 0.6) is 0 Å². The molecule has 0 bridgehead atoms. The smallest absolute Gasteiger partial charge is 0.337 e. The quantitative estimate of drug-likeness (QED) is 0.468. The molecule has 0 atom stereocenters. The zero-order valence-electron chi connectivity index (χ0n) is 8.43. The van der Waals surface area contributed by atoms with Crippen LogP contribution < -0.4 is 0 Å². The van der Waals surface area contributed by atoms with Crippen molar-refractivity contribution in [3.63, 3.8) is 0 Å². The summed E-state index contributed by atoms with van der Waals surface area (Å²) < 4.78 is 5.52. The van der Waals surface area contributed by atoms with Crippen molar-refractivity contribution < 1.29 is 9.53 Å². The molecule has 1 aromatic carbocycles. The second-order valence-electron chi connectivity index (χ2n) is 3.06. The highest BCUT2D eigenvalue weighted by Gasteiger charge is 2.05. The first-order valence-corrected chi connectivity index (χ1v) is 7.05. The number of esters is 1. The molecule has 1 heterocycles. The molecule has 2 aromatic rings. The van der Waals surface area contributed by atoms with E-state index in [0.717, 1.165) is 14.3 Å². The maximum Gasteiger partial charge on any atom is 0.337 e. The molecule has 0 unspecified atom stereocenters. The average Bonchev–Trinajstić information content (AvgIpc) is 2.75. The van der Waals surface area contributed by atoms with Crippen LogP contribution in [-0.4, -0.2) is 13.1 Å². The van der Waals surface area contributed by atoms with Crippen molar-refractivity contribution in [2.45, 2.75) is 0 Å². The Morgan fingerprint density at radius 1 is 1.25 bits per heavy atom. The molecule has 2 rings (SSSR count). The van der Waals surface area contributed by atoms with E-state index < -0.39 is 0 Å². The van der Waals surface area contributed by atoms with Crippen LogP contribution in [0.4, 0.5) is 0 Å². The van der Waals surface area contributed by atoms with Gasteiger partial charge in [-0.15, -0.1) is 0 Å². The van der Waals surface area contributed by atoms with Crippen LogP contribution in [0.25, 0.3) is 10.4 Å². The molecule has 16 heavy (non-hydrogen) atoms. The van der Waals surface area contributed by atoms with E-state index in [1.54, 1.807) is 32.8 Å². The number of hydrogen-bond donors (Lipinski definition) is 0. The van der Waals surface area contributed by atoms with Gasteiger partial charge >= 0.3 is 5.97 Å². The second kappa shape index (κ2) is 4.86. The summed E-state index contributed by atoms with van der Waals surface area (Å²) in [5.41, 5.74) is 1.63. The van der Waals surface area contributed by atoms with E-state index in [1.165, 1.54) is 7.11 Å². The predicted octanol–water partition coefficient (Wildman–Crippen LogP) is 3.99. The van der Waals surface area contributed by atoms with Crippen LogP contribution in [0.2, 0.25) is 0 Å². The van der Waals surface area contributed by atoms with Crippen molar-refractivity contribution in [3.8, 4) is 10.4 Å². The van der Waals surface area contributed by atoms with Gasteiger partial charge in [0.25, 0.3) is 0 Å². The maximum absolute atomic E-state index is 11.2. The van der Waals surface area contributed by atoms with Crippen LogP contribution in [0.1, 0.15) is 10.4 Å². The van der Waals surface area contributed by atoms with E-state index >= 15 is 0 Å². The van der Waals surface area contributed by atoms with Crippen molar-refractivity contribution >= 4 is 38.9 Å². The minimum absolute atomic E-state index is 0.315. The van der Waals surface area contributed by atoms with Gasteiger partial charge in [-0.1, -0.05) is 45.0 Å². The van der Waals surface area contributed by atoms with Crippen LogP contribution in [-0.2, 0) is 4.74 Å². The van der Waals surface area contributed by atoms with Crippen molar-refractivity contribution in [3.05, 3.63) is 39.7 Å². The molecular weight excluding hydrogens is 260 g/mol. The van der Waals surface area contributed by atoms with Crippen molar-refractivity contribution in [1.82, 2.24) is 0 Å². The summed E-state index contributed by atoms with van der Waals surface area (Å²) in [6, 6.07) is 9.29. The Balaban J connectivity index is 2.32. The van der Waals surface area contributed by atoms with Gasteiger partial charge in [-0.2, -0.15) is 0 Å². The molecule has 0 amide bonds. The topological polar surface area (TPSA) is 26.3 Å². The lowest BCUT2D eigenvalue weighted by molar-refractivity contribution is 0.0601. The van der Waals surface area contributed by atoms with E-state index in [9.17, 15) is 4.79 Å². The fourth-order valence-corrected chi connectivity index (χ4v) is 3.66. The minimum Gasteiger partial charge on any atom is -0.465 e. The highest BCUT2D eigenvalue weighted by Crippen LogP contribution is 2.29. The average molecular weight is 268 g/mol. The first-order chi connectivity index (χ1) is 7.70. The Morgan fingerprint density at radius 3 is 2.44 bits per heavy atom. The third-order valence-electron chi connectivity index (χ3n) is 2.05. The largest absolute Gasteiger partial charge is 0.465 e. The molecule has 0 saturated carbocycles. The van der Waals surface area contributed by atoms with Gasteiger partial charge in [0.15, 0.2) is 0 Å². The van der Waals surface area contributed by atoms with Crippen LogP contribution in [0, 0.1) is 3.82 Å². The van der Waals surface area contributed by atoms with Crippen molar-refractivity contribution in [1.29, 1.82) is 0 Å². The summed E-state index contributed by atoms with van der Waals surface area (Å²) in [7, 11) is 4.60. The van der Waals surface area contributed by atoms with E-state index in [-0.39, 0.29) is 5.97 Å². The molecule has 82 valence electrons. The lowest BCUT2D eigenvalue weighted by Gasteiger charge is -2.00.